The molecule has 29 heavy (non-hydrogen) atoms. The van der Waals surface area contributed by atoms with Gasteiger partial charge in [-0.2, -0.15) is 9.61 Å². The van der Waals surface area contributed by atoms with E-state index in [0.717, 1.165) is 59.5 Å². The van der Waals surface area contributed by atoms with E-state index in [1.54, 1.807) is 23.1 Å². The van der Waals surface area contributed by atoms with Crippen molar-refractivity contribution in [2.45, 2.75) is 38.1 Å². The SMILES string of the molecule is Nc1ncc(CCNc2cc(N3CCCCC3CCO)nc3c(Br)cnn23)cn1. The van der Waals surface area contributed by atoms with Crippen LogP contribution in [0.4, 0.5) is 17.6 Å². The highest BCUT2D eigenvalue weighted by Crippen LogP contribution is 2.29. The minimum atomic E-state index is 0.189. The van der Waals surface area contributed by atoms with Gasteiger partial charge < -0.3 is 21.1 Å². The van der Waals surface area contributed by atoms with Gasteiger partial charge in [-0.15, -0.1) is 0 Å². The van der Waals surface area contributed by atoms with E-state index in [-0.39, 0.29) is 12.6 Å². The number of aromatic nitrogens is 5. The maximum absolute atomic E-state index is 9.46. The van der Waals surface area contributed by atoms with Crippen LogP contribution in [0.2, 0.25) is 0 Å². The Kier molecular flexibility index (Phi) is 6.10. The predicted octanol–water partition coefficient (Wildman–Crippen LogP) is 2.26. The van der Waals surface area contributed by atoms with Gasteiger partial charge in [-0.25, -0.2) is 15.0 Å². The highest BCUT2D eigenvalue weighted by molar-refractivity contribution is 9.10. The third-order valence-electron chi connectivity index (χ3n) is 5.24. The Morgan fingerprint density at radius 2 is 2.07 bits per heavy atom. The summed E-state index contributed by atoms with van der Waals surface area (Å²) in [6.45, 7) is 1.83. The van der Waals surface area contributed by atoms with Gasteiger partial charge >= 0.3 is 0 Å². The lowest BCUT2D eigenvalue weighted by Gasteiger charge is -2.36. The van der Waals surface area contributed by atoms with Crippen LogP contribution in [0.1, 0.15) is 31.2 Å². The monoisotopic (exact) mass is 460 g/mol. The minimum Gasteiger partial charge on any atom is -0.396 e. The van der Waals surface area contributed by atoms with E-state index in [0.29, 0.717) is 12.6 Å². The van der Waals surface area contributed by atoms with Gasteiger partial charge in [0.2, 0.25) is 5.95 Å². The van der Waals surface area contributed by atoms with Gasteiger partial charge in [0, 0.05) is 44.2 Å². The second-order valence-electron chi connectivity index (χ2n) is 7.21. The number of nitrogens with zero attached hydrogens (tertiary/aromatic N) is 6. The van der Waals surface area contributed by atoms with Crippen LogP contribution >= 0.6 is 15.9 Å². The fraction of sp³-hybridized carbons (Fsp3) is 0.474. The van der Waals surface area contributed by atoms with Crippen molar-refractivity contribution < 1.29 is 5.11 Å². The van der Waals surface area contributed by atoms with Crippen molar-refractivity contribution in [2.75, 3.05) is 35.6 Å². The van der Waals surface area contributed by atoms with Crippen molar-refractivity contribution >= 4 is 39.2 Å². The molecule has 3 aromatic rings. The number of anilines is 3. The van der Waals surface area contributed by atoms with Gasteiger partial charge in [0.15, 0.2) is 5.65 Å². The molecule has 1 aliphatic rings. The molecular weight excluding hydrogens is 436 g/mol. The minimum absolute atomic E-state index is 0.189. The molecule has 0 aromatic carbocycles. The third kappa shape index (κ3) is 4.43. The van der Waals surface area contributed by atoms with E-state index in [4.69, 9.17) is 10.7 Å². The predicted molar refractivity (Wildman–Crippen MR) is 116 cm³/mol. The molecule has 0 radical (unpaired) electrons. The van der Waals surface area contributed by atoms with E-state index in [1.165, 1.54) is 6.42 Å². The molecule has 0 amide bonds. The second kappa shape index (κ2) is 8.91. The van der Waals surface area contributed by atoms with Crippen LogP contribution in [-0.2, 0) is 6.42 Å². The topological polar surface area (TPSA) is 117 Å². The van der Waals surface area contributed by atoms with Crippen LogP contribution in [0.5, 0.6) is 0 Å². The molecule has 1 saturated heterocycles. The normalized spacial score (nSPS) is 17.0. The summed E-state index contributed by atoms with van der Waals surface area (Å²) in [4.78, 5) is 15.2. The van der Waals surface area contributed by atoms with Crippen molar-refractivity contribution in [3.8, 4) is 0 Å². The average Bonchev–Trinajstić information content (AvgIpc) is 3.11. The van der Waals surface area contributed by atoms with E-state index in [2.05, 4.69) is 41.2 Å². The van der Waals surface area contributed by atoms with Gasteiger partial charge in [0.25, 0.3) is 0 Å². The first-order valence-corrected chi connectivity index (χ1v) is 10.7. The van der Waals surface area contributed by atoms with E-state index < -0.39 is 0 Å². The first-order valence-electron chi connectivity index (χ1n) is 9.88. The largest absolute Gasteiger partial charge is 0.396 e. The molecule has 0 aliphatic carbocycles. The molecule has 10 heteroatoms. The number of piperidine rings is 1. The smallest absolute Gasteiger partial charge is 0.219 e. The number of aliphatic hydroxyl groups is 1. The molecule has 0 spiro atoms. The van der Waals surface area contributed by atoms with Crippen LogP contribution in [0.25, 0.3) is 5.65 Å². The Bertz CT molecular complexity index is 959. The van der Waals surface area contributed by atoms with E-state index >= 15 is 0 Å². The quantitative estimate of drug-likeness (QED) is 0.491. The number of nitrogens with two attached hydrogens (primary N) is 1. The van der Waals surface area contributed by atoms with Gasteiger partial charge in [-0.05, 0) is 53.6 Å². The summed E-state index contributed by atoms with van der Waals surface area (Å²) in [5.74, 6) is 2.07. The summed E-state index contributed by atoms with van der Waals surface area (Å²) in [6, 6.07) is 2.35. The molecule has 4 N–H and O–H groups in total. The fourth-order valence-electron chi connectivity index (χ4n) is 3.78. The molecule has 154 valence electrons. The van der Waals surface area contributed by atoms with Crippen LogP contribution < -0.4 is 16.0 Å². The van der Waals surface area contributed by atoms with Gasteiger partial charge in [-0.1, -0.05) is 0 Å². The van der Waals surface area contributed by atoms with Crippen LogP contribution in [-0.4, -0.2) is 55.4 Å². The van der Waals surface area contributed by atoms with Crippen molar-refractivity contribution in [2.24, 2.45) is 0 Å². The number of nitrogen functional groups attached to an aromatic ring is 1. The number of hydrogen-bond acceptors (Lipinski definition) is 8. The van der Waals surface area contributed by atoms with E-state index in [9.17, 15) is 5.11 Å². The first-order chi connectivity index (χ1) is 14.2. The lowest BCUT2D eigenvalue weighted by atomic mass is 9.99. The Morgan fingerprint density at radius 3 is 2.86 bits per heavy atom. The van der Waals surface area contributed by atoms with E-state index in [1.807, 2.05) is 6.07 Å². The fourth-order valence-corrected chi connectivity index (χ4v) is 4.12. The Hall–Kier alpha value is -2.46. The van der Waals surface area contributed by atoms with Crippen molar-refractivity contribution in [3.63, 3.8) is 0 Å². The molecule has 4 heterocycles. The summed E-state index contributed by atoms with van der Waals surface area (Å²) in [5.41, 5.74) is 7.33. The number of hydrogen-bond donors (Lipinski definition) is 3. The number of aliphatic hydroxyl groups excluding tert-OH is 1. The molecule has 4 rings (SSSR count). The summed E-state index contributed by atoms with van der Waals surface area (Å²) >= 11 is 3.56. The molecule has 0 bridgehead atoms. The second-order valence-corrected chi connectivity index (χ2v) is 8.06. The zero-order chi connectivity index (χ0) is 20.2. The molecule has 3 aromatic heterocycles. The molecule has 1 fully saturated rings. The first kappa shape index (κ1) is 19.8. The average molecular weight is 461 g/mol. The maximum atomic E-state index is 9.46. The van der Waals surface area contributed by atoms with Gasteiger partial charge in [0.1, 0.15) is 11.6 Å². The Labute approximate surface area is 177 Å². The highest BCUT2D eigenvalue weighted by atomic mass is 79.9. The zero-order valence-electron chi connectivity index (χ0n) is 16.1. The number of fused-ring (bicyclic) bond motifs is 1. The molecule has 9 nitrogen and oxygen atoms in total. The third-order valence-corrected chi connectivity index (χ3v) is 5.80. The number of rotatable bonds is 7. The van der Waals surface area contributed by atoms with Gasteiger partial charge in [-0.3, -0.25) is 0 Å². The molecule has 1 aliphatic heterocycles. The molecule has 1 unspecified atom stereocenters. The zero-order valence-corrected chi connectivity index (χ0v) is 17.7. The Morgan fingerprint density at radius 1 is 1.24 bits per heavy atom. The number of halogens is 1. The van der Waals surface area contributed by atoms with Gasteiger partial charge in [0.05, 0.1) is 10.7 Å². The lowest BCUT2D eigenvalue weighted by molar-refractivity contribution is 0.262. The van der Waals surface area contributed by atoms with Crippen molar-refractivity contribution in [1.82, 2.24) is 24.6 Å². The van der Waals surface area contributed by atoms with Crippen molar-refractivity contribution in [3.05, 3.63) is 34.7 Å². The van der Waals surface area contributed by atoms with Crippen molar-refractivity contribution in [1.29, 1.82) is 0 Å². The summed E-state index contributed by atoms with van der Waals surface area (Å²) in [7, 11) is 0. The molecular formula is C19H25BrN8O. The highest BCUT2D eigenvalue weighted by Gasteiger charge is 2.24. The summed E-state index contributed by atoms with van der Waals surface area (Å²) in [5, 5.41) is 17.4. The standard InChI is InChI=1S/C19H25BrN8O/c20-15-12-25-28-16(22-6-4-13-10-23-19(21)24-11-13)9-17(26-18(15)28)27-7-2-1-3-14(27)5-8-29/h9-12,14,22,29H,1-8H2,(H2,21,23,24). The van der Waals surface area contributed by atoms with Crippen LogP contribution in [0, 0.1) is 0 Å². The summed E-state index contributed by atoms with van der Waals surface area (Å²) in [6.07, 6.45) is 10.2. The number of nitrogens with one attached hydrogen (secondary N) is 1. The van der Waals surface area contributed by atoms with Crippen LogP contribution in [0.15, 0.2) is 29.1 Å². The Balaban J connectivity index is 1.58. The maximum Gasteiger partial charge on any atom is 0.219 e. The molecule has 0 saturated carbocycles. The molecule has 1 atom stereocenters. The van der Waals surface area contributed by atoms with Crippen LogP contribution in [0.3, 0.4) is 0 Å². The summed E-state index contributed by atoms with van der Waals surface area (Å²) < 4.78 is 2.66. The lowest BCUT2D eigenvalue weighted by Crippen LogP contribution is -2.40.